The van der Waals surface area contributed by atoms with Crippen molar-refractivity contribution in [3.63, 3.8) is 0 Å². The molecule has 0 bridgehead atoms. The maximum atomic E-state index is 12.2. The summed E-state index contributed by atoms with van der Waals surface area (Å²) in [6, 6.07) is 3.91. The average Bonchev–Trinajstić information content (AvgIpc) is 2.46. The summed E-state index contributed by atoms with van der Waals surface area (Å²) in [5.41, 5.74) is 1.11. The van der Waals surface area contributed by atoms with Gasteiger partial charge in [-0.3, -0.25) is 9.78 Å². The van der Waals surface area contributed by atoms with E-state index in [1.54, 1.807) is 6.20 Å². The predicted octanol–water partition coefficient (Wildman–Crippen LogP) is 1.64. The quantitative estimate of drug-likeness (QED) is 0.877. The van der Waals surface area contributed by atoms with Crippen LogP contribution in [0.5, 0.6) is 0 Å². The molecule has 4 nitrogen and oxygen atoms in total. The fourth-order valence-corrected chi connectivity index (χ4v) is 2.67. The van der Waals surface area contributed by atoms with Gasteiger partial charge in [-0.05, 0) is 43.2 Å². The molecule has 1 aliphatic heterocycles. The van der Waals surface area contributed by atoms with Gasteiger partial charge < -0.3 is 10.0 Å². The van der Waals surface area contributed by atoms with Crippen LogP contribution in [0.3, 0.4) is 0 Å². The molecule has 1 atom stereocenters. The third-order valence-electron chi connectivity index (χ3n) is 3.76. The Bertz CT molecular complexity index is 392. The van der Waals surface area contributed by atoms with Gasteiger partial charge in [0.15, 0.2) is 0 Å². The van der Waals surface area contributed by atoms with E-state index in [1.165, 1.54) is 0 Å². The Morgan fingerprint density at radius 2 is 2.42 bits per heavy atom. The topological polar surface area (TPSA) is 53.4 Å². The van der Waals surface area contributed by atoms with E-state index >= 15 is 0 Å². The second-order valence-electron chi connectivity index (χ2n) is 5.22. The number of carbonyl (C=O) groups is 1. The molecular formula is C15H22N2O2. The Kier molecular flexibility index (Phi) is 5.33. The fourth-order valence-electron chi connectivity index (χ4n) is 2.67. The summed E-state index contributed by atoms with van der Waals surface area (Å²) >= 11 is 0. The highest BCUT2D eigenvalue weighted by Gasteiger charge is 2.22. The van der Waals surface area contributed by atoms with Gasteiger partial charge >= 0.3 is 0 Å². The van der Waals surface area contributed by atoms with Crippen LogP contribution >= 0.6 is 0 Å². The zero-order valence-electron chi connectivity index (χ0n) is 11.3. The van der Waals surface area contributed by atoms with Crippen molar-refractivity contribution in [2.45, 2.75) is 32.1 Å². The number of rotatable bonds is 5. The number of hydrogen-bond donors (Lipinski definition) is 1. The van der Waals surface area contributed by atoms with Gasteiger partial charge in [-0.2, -0.15) is 0 Å². The first kappa shape index (κ1) is 14.0. The van der Waals surface area contributed by atoms with Crippen LogP contribution in [0.1, 0.15) is 31.2 Å². The van der Waals surface area contributed by atoms with E-state index in [4.69, 9.17) is 5.11 Å². The second kappa shape index (κ2) is 7.24. The maximum Gasteiger partial charge on any atom is 0.222 e. The number of amides is 1. The van der Waals surface area contributed by atoms with Crippen molar-refractivity contribution in [3.05, 3.63) is 30.1 Å². The summed E-state index contributed by atoms with van der Waals surface area (Å²) in [6.07, 6.45) is 7.88. The van der Waals surface area contributed by atoms with Gasteiger partial charge in [-0.25, -0.2) is 0 Å². The maximum absolute atomic E-state index is 12.2. The Morgan fingerprint density at radius 1 is 1.53 bits per heavy atom. The van der Waals surface area contributed by atoms with Gasteiger partial charge in [-0.1, -0.05) is 6.07 Å². The van der Waals surface area contributed by atoms with E-state index in [2.05, 4.69) is 4.98 Å². The Labute approximate surface area is 114 Å². The molecule has 19 heavy (non-hydrogen) atoms. The summed E-state index contributed by atoms with van der Waals surface area (Å²) in [4.78, 5) is 18.2. The third-order valence-corrected chi connectivity index (χ3v) is 3.76. The molecule has 1 amide bonds. The summed E-state index contributed by atoms with van der Waals surface area (Å²) in [5, 5.41) is 8.99. The molecule has 0 saturated carbocycles. The van der Waals surface area contributed by atoms with E-state index in [1.807, 2.05) is 23.2 Å². The number of aliphatic hydroxyl groups excluding tert-OH is 1. The van der Waals surface area contributed by atoms with Gasteiger partial charge in [0, 0.05) is 38.5 Å². The van der Waals surface area contributed by atoms with Gasteiger partial charge in [0.2, 0.25) is 5.91 Å². The molecule has 4 heteroatoms. The monoisotopic (exact) mass is 262 g/mol. The molecule has 0 aromatic carbocycles. The van der Waals surface area contributed by atoms with Crippen molar-refractivity contribution in [2.75, 3.05) is 19.7 Å². The first-order valence-electron chi connectivity index (χ1n) is 7.07. The highest BCUT2D eigenvalue weighted by atomic mass is 16.3. The number of nitrogens with zero attached hydrogens (tertiary/aromatic N) is 2. The normalized spacial score (nSPS) is 19.4. The molecule has 1 aromatic rings. The van der Waals surface area contributed by atoms with E-state index < -0.39 is 0 Å². The lowest BCUT2D eigenvalue weighted by atomic mass is 9.95. The first-order valence-corrected chi connectivity index (χ1v) is 7.07. The number of aryl methyl sites for hydroxylation is 1. The lowest BCUT2D eigenvalue weighted by Gasteiger charge is -2.32. The van der Waals surface area contributed by atoms with Crippen LogP contribution in [0.2, 0.25) is 0 Å². The van der Waals surface area contributed by atoms with Gasteiger partial charge in [-0.15, -0.1) is 0 Å². The summed E-state index contributed by atoms with van der Waals surface area (Å²) in [7, 11) is 0. The van der Waals surface area contributed by atoms with Crippen LogP contribution in [-0.2, 0) is 11.2 Å². The number of pyridine rings is 1. The van der Waals surface area contributed by atoms with Crippen LogP contribution in [-0.4, -0.2) is 40.6 Å². The molecule has 1 aliphatic rings. The highest BCUT2D eigenvalue weighted by Crippen LogP contribution is 2.20. The Hall–Kier alpha value is -1.42. The van der Waals surface area contributed by atoms with E-state index in [0.29, 0.717) is 12.3 Å². The predicted molar refractivity (Wildman–Crippen MR) is 73.6 cm³/mol. The summed E-state index contributed by atoms with van der Waals surface area (Å²) in [6.45, 7) is 1.91. The van der Waals surface area contributed by atoms with Crippen LogP contribution in [0.4, 0.5) is 0 Å². The van der Waals surface area contributed by atoms with Crippen molar-refractivity contribution in [2.24, 2.45) is 5.92 Å². The Morgan fingerprint density at radius 3 is 3.16 bits per heavy atom. The zero-order chi connectivity index (χ0) is 13.5. The fraction of sp³-hybridized carbons (Fsp3) is 0.600. The standard InChI is InChI=1S/C15H22N2O2/c18-10-7-14-4-2-9-17(12-14)15(19)6-5-13-3-1-8-16-11-13/h1,3,8,11,14,18H,2,4-7,9-10,12H2. The molecule has 2 rings (SSSR count). The molecule has 0 radical (unpaired) electrons. The van der Waals surface area contributed by atoms with E-state index in [9.17, 15) is 4.79 Å². The number of carbonyl (C=O) groups excluding carboxylic acids is 1. The lowest BCUT2D eigenvalue weighted by molar-refractivity contribution is -0.133. The molecule has 1 saturated heterocycles. The number of hydrogen-bond acceptors (Lipinski definition) is 3. The van der Waals surface area contributed by atoms with Gasteiger partial charge in [0.05, 0.1) is 0 Å². The lowest BCUT2D eigenvalue weighted by Crippen LogP contribution is -2.40. The van der Waals surface area contributed by atoms with Crippen molar-refractivity contribution >= 4 is 5.91 Å². The number of aliphatic hydroxyl groups is 1. The first-order chi connectivity index (χ1) is 9.29. The molecule has 1 unspecified atom stereocenters. The molecule has 1 N–H and O–H groups in total. The van der Waals surface area contributed by atoms with Crippen LogP contribution in [0.25, 0.3) is 0 Å². The molecule has 0 aliphatic carbocycles. The SMILES string of the molecule is O=C(CCc1cccnc1)N1CCCC(CCO)C1. The van der Waals surface area contributed by atoms with Crippen LogP contribution in [0, 0.1) is 5.92 Å². The van der Waals surface area contributed by atoms with Gasteiger partial charge in [0.1, 0.15) is 0 Å². The largest absolute Gasteiger partial charge is 0.396 e. The molecular weight excluding hydrogens is 240 g/mol. The number of likely N-dealkylation sites (tertiary alicyclic amines) is 1. The smallest absolute Gasteiger partial charge is 0.222 e. The van der Waals surface area contributed by atoms with Crippen molar-refractivity contribution in [1.29, 1.82) is 0 Å². The minimum Gasteiger partial charge on any atom is -0.396 e. The molecule has 1 aromatic heterocycles. The van der Waals surface area contributed by atoms with Gasteiger partial charge in [0.25, 0.3) is 0 Å². The van der Waals surface area contributed by atoms with Crippen molar-refractivity contribution in [1.82, 2.24) is 9.88 Å². The minimum absolute atomic E-state index is 0.225. The Balaban J connectivity index is 1.79. The summed E-state index contributed by atoms with van der Waals surface area (Å²) in [5.74, 6) is 0.701. The van der Waals surface area contributed by atoms with Crippen molar-refractivity contribution < 1.29 is 9.90 Å². The molecule has 0 spiro atoms. The van der Waals surface area contributed by atoms with E-state index in [0.717, 1.165) is 44.3 Å². The molecule has 2 heterocycles. The molecule has 1 fully saturated rings. The number of piperidine rings is 1. The van der Waals surface area contributed by atoms with E-state index in [-0.39, 0.29) is 12.5 Å². The highest BCUT2D eigenvalue weighted by molar-refractivity contribution is 5.76. The minimum atomic E-state index is 0.225. The molecule has 104 valence electrons. The average molecular weight is 262 g/mol. The van der Waals surface area contributed by atoms with Crippen LogP contribution in [0.15, 0.2) is 24.5 Å². The number of aromatic nitrogens is 1. The summed E-state index contributed by atoms with van der Waals surface area (Å²) < 4.78 is 0. The zero-order valence-corrected chi connectivity index (χ0v) is 11.3. The van der Waals surface area contributed by atoms with Crippen molar-refractivity contribution in [3.8, 4) is 0 Å². The second-order valence-corrected chi connectivity index (χ2v) is 5.22. The third kappa shape index (κ3) is 4.31. The van der Waals surface area contributed by atoms with Crippen LogP contribution < -0.4 is 0 Å².